The minimum atomic E-state index is -0.692. The standard InChI is InChI=1S/C13H8N2O7/c16-9(1-3-10-5-7-12(21-10)14(17)18)2-4-11-6-8-13(22-11)15(19)20/h1-8H/b3-1-,4-2-. The highest BCUT2D eigenvalue weighted by Crippen LogP contribution is 2.18. The summed E-state index contributed by atoms with van der Waals surface area (Å²) in [6.07, 6.45) is 4.81. The summed E-state index contributed by atoms with van der Waals surface area (Å²) >= 11 is 0. The van der Waals surface area contributed by atoms with Gasteiger partial charge in [0.15, 0.2) is 5.78 Å². The third-order valence-corrected chi connectivity index (χ3v) is 2.41. The fraction of sp³-hybridized carbons (Fsp3) is 0. The van der Waals surface area contributed by atoms with E-state index in [9.17, 15) is 25.0 Å². The molecule has 0 radical (unpaired) electrons. The number of rotatable bonds is 6. The largest absolute Gasteiger partial charge is 0.433 e. The van der Waals surface area contributed by atoms with Gasteiger partial charge in [-0.25, -0.2) is 0 Å². The van der Waals surface area contributed by atoms with Gasteiger partial charge in [-0.05, 0) is 36.4 Å². The summed E-state index contributed by atoms with van der Waals surface area (Å²) in [5.41, 5.74) is 0. The lowest BCUT2D eigenvalue weighted by atomic mass is 10.3. The quantitative estimate of drug-likeness (QED) is 0.455. The van der Waals surface area contributed by atoms with E-state index in [0.717, 1.165) is 12.2 Å². The highest BCUT2D eigenvalue weighted by molar-refractivity contribution is 6.04. The normalized spacial score (nSPS) is 11.3. The molecule has 9 nitrogen and oxygen atoms in total. The zero-order valence-electron chi connectivity index (χ0n) is 10.9. The Morgan fingerprint density at radius 2 is 1.27 bits per heavy atom. The molecule has 2 aromatic heterocycles. The highest BCUT2D eigenvalue weighted by Gasteiger charge is 2.11. The maximum Gasteiger partial charge on any atom is 0.433 e. The lowest BCUT2D eigenvalue weighted by Gasteiger charge is -1.85. The van der Waals surface area contributed by atoms with Crippen LogP contribution in [0.2, 0.25) is 0 Å². The number of furan rings is 2. The summed E-state index contributed by atoms with van der Waals surface area (Å²) in [5.74, 6) is -0.988. The molecule has 0 saturated carbocycles. The van der Waals surface area contributed by atoms with Crippen LogP contribution in [0, 0.1) is 20.2 Å². The molecule has 2 aromatic rings. The third-order valence-electron chi connectivity index (χ3n) is 2.41. The summed E-state index contributed by atoms with van der Waals surface area (Å²) in [6.45, 7) is 0. The summed E-state index contributed by atoms with van der Waals surface area (Å²) in [7, 11) is 0. The van der Waals surface area contributed by atoms with Crippen LogP contribution in [0.15, 0.2) is 45.3 Å². The van der Waals surface area contributed by atoms with Crippen molar-refractivity contribution in [2.75, 3.05) is 0 Å². The fourth-order valence-electron chi connectivity index (χ4n) is 1.44. The number of hydrogen-bond donors (Lipinski definition) is 0. The van der Waals surface area contributed by atoms with Crippen LogP contribution in [-0.4, -0.2) is 15.6 Å². The second kappa shape index (κ2) is 6.31. The second-order valence-corrected chi connectivity index (χ2v) is 3.94. The molecule has 0 aromatic carbocycles. The molecule has 2 rings (SSSR count). The Labute approximate surface area is 122 Å². The number of ketones is 1. The topological polar surface area (TPSA) is 130 Å². The van der Waals surface area contributed by atoms with Crippen LogP contribution in [0.3, 0.4) is 0 Å². The highest BCUT2D eigenvalue weighted by atomic mass is 16.7. The van der Waals surface area contributed by atoms with Crippen molar-refractivity contribution in [3.05, 3.63) is 68.2 Å². The molecular formula is C13H8N2O7. The third kappa shape index (κ3) is 3.76. The lowest BCUT2D eigenvalue weighted by molar-refractivity contribution is -0.402. The first-order valence-electron chi connectivity index (χ1n) is 5.84. The Morgan fingerprint density at radius 1 is 0.864 bits per heavy atom. The molecule has 112 valence electrons. The van der Waals surface area contributed by atoms with Gasteiger partial charge in [0, 0.05) is 0 Å². The van der Waals surface area contributed by atoms with Gasteiger partial charge in [-0.2, -0.15) is 0 Å². The first-order chi connectivity index (χ1) is 10.5. The van der Waals surface area contributed by atoms with Gasteiger partial charge < -0.3 is 8.83 Å². The van der Waals surface area contributed by atoms with E-state index in [1.165, 1.54) is 36.4 Å². The van der Waals surface area contributed by atoms with Crippen LogP contribution >= 0.6 is 0 Å². The fourth-order valence-corrected chi connectivity index (χ4v) is 1.44. The van der Waals surface area contributed by atoms with Crippen molar-refractivity contribution in [3.63, 3.8) is 0 Å². The molecule has 0 saturated heterocycles. The van der Waals surface area contributed by atoms with Gasteiger partial charge in [-0.3, -0.25) is 25.0 Å². The van der Waals surface area contributed by atoms with Crippen molar-refractivity contribution >= 4 is 29.7 Å². The van der Waals surface area contributed by atoms with Crippen LogP contribution in [0.5, 0.6) is 0 Å². The molecule has 2 heterocycles. The number of carbonyl (C=O) groups is 1. The maximum absolute atomic E-state index is 11.5. The summed E-state index contributed by atoms with van der Waals surface area (Å²) in [4.78, 5) is 31.0. The van der Waals surface area contributed by atoms with Crippen LogP contribution in [-0.2, 0) is 4.79 Å². The van der Waals surface area contributed by atoms with Crippen LogP contribution in [0.4, 0.5) is 11.8 Å². The SMILES string of the molecule is O=C(/C=C\c1ccc([N+](=O)[O-])o1)/C=C\c1ccc([N+](=O)[O-])o1. The van der Waals surface area contributed by atoms with Crippen molar-refractivity contribution in [1.29, 1.82) is 0 Å². The van der Waals surface area contributed by atoms with E-state index in [2.05, 4.69) is 0 Å². The van der Waals surface area contributed by atoms with Crippen molar-refractivity contribution in [1.82, 2.24) is 0 Å². The Kier molecular flexibility index (Phi) is 4.27. The first-order valence-corrected chi connectivity index (χ1v) is 5.84. The van der Waals surface area contributed by atoms with E-state index in [4.69, 9.17) is 8.83 Å². The average Bonchev–Trinajstić information content (AvgIpc) is 3.12. The predicted octanol–water partition coefficient (Wildman–Crippen LogP) is 2.98. The molecule has 0 fully saturated rings. The van der Waals surface area contributed by atoms with E-state index in [0.29, 0.717) is 0 Å². The van der Waals surface area contributed by atoms with Crippen molar-refractivity contribution in [2.45, 2.75) is 0 Å². The van der Waals surface area contributed by atoms with Crippen LogP contribution in [0.1, 0.15) is 11.5 Å². The molecule has 0 aliphatic heterocycles. The van der Waals surface area contributed by atoms with Gasteiger partial charge in [-0.1, -0.05) is 0 Å². The Morgan fingerprint density at radius 3 is 1.59 bits per heavy atom. The number of nitrogens with zero attached hydrogens (tertiary/aromatic N) is 2. The Hall–Kier alpha value is -3.49. The number of carbonyl (C=O) groups excluding carboxylic acids is 1. The van der Waals surface area contributed by atoms with E-state index >= 15 is 0 Å². The lowest BCUT2D eigenvalue weighted by Crippen LogP contribution is -1.84. The van der Waals surface area contributed by atoms with E-state index in [1.807, 2.05) is 0 Å². The van der Waals surface area contributed by atoms with E-state index in [-0.39, 0.29) is 11.5 Å². The Bertz CT molecular complexity index is 718. The summed E-state index contributed by atoms with van der Waals surface area (Å²) < 4.78 is 9.66. The molecule has 0 aliphatic rings. The predicted molar refractivity (Wildman–Crippen MR) is 73.8 cm³/mol. The zero-order chi connectivity index (χ0) is 16.1. The van der Waals surface area contributed by atoms with Crippen LogP contribution < -0.4 is 0 Å². The number of nitro groups is 2. The molecule has 0 atom stereocenters. The monoisotopic (exact) mass is 304 g/mol. The minimum Gasteiger partial charge on any atom is -0.401 e. The van der Waals surface area contributed by atoms with Gasteiger partial charge in [0.25, 0.3) is 0 Å². The van der Waals surface area contributed by atoms with Gasteiger partial charge in [0.05, 0.1) is 12.1 Å². The summed E-state index contributed by atoms with van der Waals surface area (Å²) in [6, 6.07) is 5.03. The molecule has 0 N–H and O–H groups in total. The molecule has 0 amide bonds. The van der Waals surface area contributed by atoms with Gasteiger partial charge in [-0.15, -0.1) is 0 Å². The average molecular weight is 304 g/mol. The van der Waals surface area contributed by atoms with Gasteiger partial charge >= 0.3 is 11.8 Å². The molecule has 0 aliphatic carbocycles. The smallest absolute Gasteiger partial charge is 0.401 e. The first kappa shape index (κ1) is 14.9. The molecular weight excluding hydrogens is 296 g/mol. The molecule has 0 bridgehead atoms. The van der Waals surface area contributed by atoms with Crippen molar-refractivity contribution < 1.29 is 23.5 Å². The van der Waals surface area contributed by atoms with Crippen molar-refractivity contribution in [2.24, 2.45) is 0 Å². The minimum absolute atomic E-state index is 0.155. The number of hydrogen-bond acceptors (Lipinski definition) is 7. The van der Waals surface area contributed by atoms with Crippen LogP contribution in [0.25, 0.3) is 12.2 Å². The zero-order valence-corrected chi connectivity index (χ0v) is 10.9. The molecule has 9 heteroatoms. The maximum atomic E-state index is 11.5. The second-order valence-electron chi connectivity index (χ2n) is 3.94. The van der Waals surface area contributed by atoms with Crippen molar-refractivity contribution in [3.8, 4) is 0 Å². The molecule has 22 heavy (non-hydrogen) atoms. The Balaban J connectivity index is 1.98. The molecule has 0 unspecified atom stereocenters. The van der Waals surface area contributed by atoms with E-state index in [1.54, 1.807) is 0 Å². The molecule has 0 spiro atoms. The summed E-state index contributed by atoms with van der Waals surface area (Å²) in [5, 5.41) is 20.8. The number of allylic oxidation sites excluding steroid dienone is 2. The van der Waals surface area contributed by atoms with Gasteiger partial charge in [0.2, 0.25) is 0 Å². The van der Waals surface area contributed by atoms with E-state index < -0.39 is 27.4 Å². The van der Waals surface area contributed by atoms with Gasteiger partial charge in [0.1, 0.15) is 21.4 Å².